The fraction of sp³-hybridized carbons (Fsp3) is 0.429. The number of likely N-dealkylation sites (N-methyl/N-ethyl adjacent to an activating group) is 1. The van der Waals surface area contributed by atoms with E-state index in [0.29, 0.717) is 29.4 Å². The summed E-state index contributed by atoms with van der Waals surface area (Å²) in [5, 5.41) is 8.78. The predicted octanol–water partition coefficient (Wildman–Crippen LogP) is 2.31. The summed E-state index contributed by atoms with van der Waals surface area (Å²) in [6.45, 7) is 4.79. The van der Waals surface area contributed by atoms with E-state index in [9.17, 15) is 9.59 Å². The molecule has 0 spiro atoms. The largest absolute Gasteiger partial charge is 0.351 e. The first kappa shape index (κ1) is 19.7. The van der Waals surface area contributed by atoms with Crippen molar-refractivity contribution in [2.75, 3.05) is 25.5 Å². The van der Waals surface area contributed by atoms with E-state index in [1.807, 2.05) is 0 Å². The molecule has 2 amide bonds. The fourth-order valence-corrected chi connectivity index (χ4v) is 1.66. The van der Waals surface area contributed by atoms with E-state index in [1.54, 1.807) is 39.1 Å². The normalized spacial score (nSPS) is 9.95. The van der Waals surface area contributed by atoms with E-state index in [0.717, 1.165) is 0 Å². The third kappa shape index (κ3) is 6.33. The topological polar surface area (TPSA) is 70.2 Å². The molecule has 1 rings (SSSR count). The number of carbonyl (C=O) groups excluding carboxylic acids is 2. The SMILES string of the molecule is CNCCNC(=O)c1cc(NC(=O)C(C)C)ccc1Cl.Cl. The van der Waals surface area contributed by atoms with Crippen LogP contribution in [0.5, 0.6) is 0 Å². The summed E-state index contributed by atoms with van der Waals surface area (Å²) in [6.07, 6.45) is 0. The fourth-order valence-electron chi connectivity index (χ4n) is 1.46. The second-order valence-corrected chi connectivity index (χ2v) is 5.11. The average Bonchev–Trinajstić information content (AvgIpc) is 2.40. The molecule has 0 bridgehead atoms. The highest BCUT2D eigenvalue weighted by Gasteiger charge is 2.13. The van der Waals surface area contributed by atoms with Crippen LogP contribution in [0.4, 0.5) is 5.69 Å². The van der Waals surface area contributed by atoms with Gasteiger partial charge in [0.2, 0.25) is 5.91 Å². The molecule has 0 atom stereocenters. The number of anilines is 1. The first-order chi connectivity index (χ1) is 9.45. The minimum Gasteiger partial charge on any atom is -0.351 e. The lowest BCUT2D eigenvalue weighted by Gasteiger charge is -2.11. The maximum atomic E-state index is 12.0. The zero-order valence-electron chi connectivity index (χ0n) is 12.3. The first-order valence-corrected chi connectivity index (χ1v) is 6.86. The van der Waals surface area contributed by atoms with Crippen LogP contribution < -0.4 is 16.0 Å². The van der Waals surface area contributed by atoms with Crippen LogP contribution in [-0.2, 0) is 4.79 Å². The van der Waals surface area contributed by atoms with Gasteiger partial charge in [0.25, 0.3) is 5.91 Å². The van der Waals surface area contributed by atoms with Crippen LogP contribution in [-0.4, -0.2) is 32.0 Å². The number of hydrogen-bond acceptors (Lipinski definition) is 3. The lowest BCUT2D eigenvalue weighted by molar-refractivity contribution is -0.118. The molecule has 0 aliphatic carbocycles. The van der Waals surface area contributed by atoms with E-state index >= 15 is 0 Å². The number of hydrogen-bond donors (Lipinski definition) is 3. The van der Waals surface area contributed by atoms with Crippen molar-refractivity contribution >= 4 is 41.5 Å². The first-order valence-electron chi connectivity index (χ1n) is 6.49. The number of rotatable bonds is 6. The molecule has 0 aliphatic rings. The number of benzene rings is 1. The molecule has 0 saturated carbocycles. The van der Waals surface area contributed by atoms with Crippen molar-refractivity contribution in [3.05, 3.63) is 28.8 Å². The van der Waals surface area contributed by atoms with Crippen LogP contribution in [0.25, 0.3) is 0 Å². The molecule has 0 aliphatic heterocycles. The molecule has 0 heterocycles. The van der Waals surface area contributed by atoms with E-state index in [2.05, 4.69) is 16.0 Å². The highest BCUT2D eigenvalue weighted by atomic mass is 35.5. The van der Waals surface area contributed by atoms with Gasteiger partial charge in [-0.25, -0.2) is 0 Å². The van der Waals surface area contributed by atoms with Crippen molar-refractivity contribution in [3.63, 3.8) is 0 Å². The van der Waals surface area contributed by atoms with Gasteiger partial charge in [0, 0.05) is 24.7 Å². The number of amides is 2. The summed E-state index contributed by atoms with van der Waals surface area (Å²) in [7, 11) is 1.81. The number of nitrogens with one attached hydrogen (secondary N) is 3. The van der Waals surface area contributed by atoms with Gasteiger partial charge in [-0.15, -0.1) is 12.4 Å². The lowest BCUT2D eigenvalue weighted by Crippen LogP contribution is -2.30. The van der Waals surface area contributed by atoms with E-state index in [4.69, 9.17) is 11.6 Å². The summed E-state index contributed by atoms with van der Waals surface area (Å²) in [5.41, 5.74) is 0.913. The summed E-state index contributed by atoms with van der Waals surface area (Å²) >= 11 is 6.01. The Hall–Kier alpha value is -1.30. The van der Waals surface area contributed by atoms with Crippen LogP contribution in [0, 0.1) is 5.92 Å². The monoisotopic (exact) mass is 333 g/mol. The third-order valence-electron chi connectivity index (χ3n) is 2.66. The Morgan fingerprint density at radius 3 is 2.48 bits per heavy atom. The van der Waals surface area contributed by atoms with Gasteiger partial charge >= 0.3 is 0 Å². The zero-order chi connectivity index (χ0) is 15.1. The Morgan fingerprint density at radius 1 is 1.24 bits per heavy atom. The maximum Gasteiger partial charge on any atom is 0.252 e. The van der Waals surface area contributed by atoms with Crippen molar-refractivity contribution in [3.8, 4) is 0 Å². The molecule has 0 aromatic heterocycles. The van der Waals surface area contributed by atoms with Gasteiger partial charge in [-0.3, -0.25) is 9.59 Å². The molecule has 0 saturated heterocycles. The van der Waals surface area contributed by atoms with Crippen molar-refractivity contribution in [1.82, 2.24) is 10.6 Å². The van der Waals surface area contributed by atoms with Gasteiger partial charge in [0.15, 0.2) is 0 Å². The Labute approximate surface area is 136 Å². The van der Waals surface area contributed by atoms with E-state index in [-0.39, 0.29) is 30.1 Å². The van der Waals surface area contributed by atoms with Gasteiger partial charge in [0.1, 0.15) is 0 Å². The molecule has 21 heavy (non-hydrogen) atoms. The third-order valence-corrected chi connectivity index (χ3v) is 2.99. The van der Waals surface area contributed by atoms with Crippen molar-refractivity contribution in [1.29, 1.82) is 0 Å². The molecule has 0 radical (unpaired) electrons. The van der Waals surface area contributed by atoms with Gasteiger partial charge in [0.05, 0.1) is 10.6 Å². The predicted molar refractivity (Wildman–Crippen MR) is 88.4 cm³/mol. The molecule has 7 heteroatoms. The minimum atomic E-state index is -0.258. The summed E-state index contributed by atoms with van der Waals surface area (Å²) in [5.74, 6) is -0.488. The molecular weight excluding hydrogens is 313 g/mol. The Morgan fingerprint density at radius 2 is 1.90 bits per heavy atom. The van der Waals surface area contributed by atoms with Gasteiger partial charge in [-0.2, -0.15) is 0 Å². The summed E-state index contributed by atoms with van der Waals surface area (Å²) in [4.78, 5) is 23.6. The molecule has 0 unspecified atom stereocenters. The molecule has 118 valence electrons. The lowest BCUT2D eigenvalue weighted by atomic mass is 10.1. The van der Waals surface area contributed by atoms with Gasteiger partial charge < -0.3 is 16.0 Å². The van der Waals surface area contributed by atoms with E-state index < -0.39 is 0 Å². The molecular formula is C14H21Cl2N3O2. The highest BCUT2D eigenvalue weighted by molar-refractivity contribution is 6.34. The van der Waals surface area contributed by atoms with E-state index in [1.165, 1.54) is 0 Å². The highest BCUT2D eigenvalue weighted by Crippen LogP contribution is 2.21. The average molecular weight is 334 g/mol. The summed E-state index contributed by atoms with van der Waals surface area (Å²) < 4.78 is 0. The Balaban J connectivity index is 0.00000400. The standard InChI is InChI=1S/C14H20ClN3O2.ClH/c1-9(2)13(19)18-10-4-5-12(15)11(8-10)14(20)17-7-6-16-3;/h4-5,8-9,16H,6-7H2,1-3H3,(H,17,20)(H,18,19);1H. The van der Waals surface area contributed by atoms with Crippen LogP contribution in [0.2, 0.25) is 5.02 Å². The van der Waals surface area contributed by atoms with Crippen LogP contribution >= 0.6 is 24.0 Å². The second kappa shape index (κ2) is 9.60. The van der Waals surface area contributed by atoms with Gasteiger partial charge in [-0.1, -0.05) is 25.4 Å². The minimum absolute atomic E-state index is 0. The van der Waals surface area contributed by atoms with Crippen LogP contribution in [0.3, 0.4) is 0 Å². The van der Waals surface area contributed by atoms with Crippen molar-refractivity contribution in [2.24, 2.45) is 5.92 Å². The van der Waals surface area contributed by atoms with Crippen molar-refractivity contribution < 1.29 is 9.59 Å². The molecule has 0 fully saturated rings. The quantitative estimate of drug-likeness (QED) is 0.699. The molecule has 3 N–H and O–H groups in total. The Bertz CT molecular complexity index is 493. The second-order valence-electron chi connectivity index (χ2n) is 4.70. The Kier molecular flexibility index (Phi) is 9.01. The number of carbonyl (C=O) groups is 2. The van der Waals surface area contributed by atoms with Crippen molar-refractivity contribution in [2.45, 2.75) is 13.8 Å². The van der Waals surface area contributed by atoms with Gasteiger partial charge in [-0.05, 0) is 25.2 Å². The molecule has 1 aromatic carbocycles. The smallest absolute Gasteiger partial charge is 0.252 e. The number of halogens is 2. The molecule has 1 aromatic rings. The van der Waals surface area contributed by atoms with Crippen LogP contribution in [0.1, 0.15) is 24.2 Å². The molecule has 5 nitrogen and oxygen atoms in total. The zero-order valence-corrected chi connectivity index (χ0v) is 13.9. The maximum absolute atomic E-state index is 12.0. The van der Waals surface area contributed by atoms with Crippen LogP contribution in [0.15, 0.2) is 18.2 Å². The summed E-state index contributed by atoms with van der Waals surface area (Å²) in [6, 6.07) is 4.86.